The minimum absolute atomic E-state index is 0.436. The minimum atomic E-state index is -4.35. The Bertz CT molecular complexity index is 804. The van der Waals surface area contributed by atoms with E-state index in [1.165, 1.54) is 22.9 Å². The molecule has 0 aliphatic carbocycles. The Hall–Kier alpha value is -2.28. The molecule has 0 spiro atoms. The molecule has 1 aromatic carbocycles. The maximum atomic E-state index is 12.8. The van der Waals surface area contributed by atoms with E-state index in [0.717, 1.165) is 44.9 Å². The van der Waals surface area contributed by atoms with Crippen LogP contribution in [-0.2, 0) is 19.1 Å². The Labute approximate surface area is 157 Å². The highest BCUT2D eigenvalue weighted by molar-refractivity contribution is 5.60. The molecular weight excluding hydrogens is 353 g/mol. The van der Waals surface area contributed by atoms with Crippen LogP contribution in [0, 0.1) is 0 Å². The lowest BCUT2D eigenvalue weighted by molar-refractivity contribution is -0.137. The van der Waals surface area contributed by atoms with E-state index in [-0.39, 0.29) is 0 Å². The predicted octanol–water partition coefficient (Wildman–Crippen LogP) is 3.46. The number of anilines is 2. The number of hydrogen-bond acceptors (Lipinski definition) is 4. The summed E-state index contributed by atoms with van der Waals surface area (Å²) in [5.74, 6) is 0.595. The van der Waals surface area contributed by atoms with Gasteiger partial charge < -0.3 is 15.1 Å². The number of alkyl halides is 3. The van der Waals surface area contributed by atoms with Gasteiger partial charge in [-0.1, -0.05) is 12.1 Å². The van der Waals surface area contributed by atoms with Crippen LogP contribution in [0.15, 0.2) is 36.5 Å². The molecule has 1 N–H and O–H groups in total. The quantitative estimate of drug-likeness (QED) is 0.870. The molecule has 1 aromatic heterocycles. The first-order valence-corrected chi connectivity index (χ1v) is 9.29. The highest BCUT2D eigenvalue weighted by Gasteiger charge is 2.31. The Kier molecular flexibility index (Phi) is 4.72. The summed E-state index contributed by atoms with van der Waals surface area (Å²) >= 11 is 0. The molecule has 1 atom stereocenters. The minimum Gasteiger partial charge on any atom is -0.368 e. The van der Waals surface area contributed by atoms with Gasteiger partial charge in [-0.25, -0.2) is 4.98 Å². The maximum Gasteiger partial charge on any atom is 0.417 e. The molecule has 2 aliphatic heterocycles. The van der Waals surface area contributed by atoms with E-state index in [1.54, 1.807) is 0 Å². The first kappa shape index (κ1) is 18.1. The van der Waals surface area contributed by atoms with Crippen LogP contribution in [-0.4, -0.2) is 37.2 Å². The smallest absolute Gasteiger partial charge is 0.368 e. The van der Waals surface area contributed by atoms with Gasteiger partial charge >= 0.3 is 6.18 Å². The summed E-state index contributed by atoms with van der Waals surface area (Å²) in [4.78, 5) is 8.55. The third-order valence-electron chi connectivity index (χ3n) is 5.36. The fraction of sp³-hybridized carbons (Fsp3) is 0.450. The molecular formula is C20H23F3N4. The second-order valence-electron chi connectivity index (χ2n) is 7.29. The number of aromatic nitrogens is 1. The largest absolute Gasteiger partial charge is 0.417 e. The summed E-state index contributed by atoms with van der Waals surface area (Å²) in [5.41, 5.74) is 3.11. The average Bonchev–Trinajstić information content (AvgIpc) is 2.66. The van der Waals surface area contributed by atoms with Crippen LogP contribution in [0.1, 0.15) is 23.6 Å². The average molecular weight is 376 g/mol. The van der Waals surface area contributed by atoms with Crippen molar-refractivity contribution < 1.29 is 13.2 Å². The second-order valence-corrected chi connectivity index (χ2v) is 7.29. The first-order chi connectivity index (χ1) is 12.9. The van der Waals surface area contributed by atoms with Crippen LogP contribution in [0.5, 0.6) is 0 Å². The van der Waals surface area contributed by atoms with E-state index < -0.39 is 11.7 Å². The summed E-state index contributed by atoms with van der Waals surface area (Å²) in [7, 11) is 0. The van der Waals surface area contributed by atoms with Crippen LogP contribution < -0.4 is 15.1 Å². The number of halogens is 3. The van der Waals surface area contributed by atoms with Gasteiger partial charge in [0.2, 0.25) is 0 Å². The van der Waals surface area contributed by atoms with Gasteiger partial charge in [0.15, 0.2) is 0 Å². The molecule has 2 aliphatic rings. The standard InChI is InChI=1S/C20H23F3N4/c1-14-12-26(10-8-24-14)18-4-2-3-15-7-9-27(13-17(15)18)19-6-5-16(11-25-19)20(21,22)23/h2-6,11,14,24H,7-10,12-13H2,1H3/t14-/m1/s1. The summed E-state index contributed by atoms with van der Waals surface area (Å²) in [6, 6.07) is 9.44. The van der Waals surface area contributed by atoms with Crippen LogP contribution in [0.25, 0.3) is 0 Å². The van der Waals surface area contributed by atoms with E-state index in [4.69, 9.17) is 0 Å². The topological polar surface area (TPSA) is 31.4 Å². The van der Waals surface area contributed by atoms with Crippen molar-refractivity contribution in [3.8, 4) is 0 Å². The zero-order valence-corrected chi connectivity index (χ0v) is 15.3. The molecule has 0 bridgehead atoms. The molecule has 1 saturated heterocycles. The van der Waals surface area contributed by atoms with Gasteiger partial charge in [0.05, 0.1) is 5.56 Å². The molecule has 0 amide bonds. The Balaban J connectivity index is 1.59. The van der Waals surface area contributed by atoms with Crippen molar-refractivity contribution in [1.82, 2.24) is 10.3 Å². The van der Waals surface area contributed by atoms with E-state index in [1.807, 2.05) is 0 Å². The van der Waals surface area contributed by atoms with Gasteiger partial charge in [0.25, 0.3) is 0 Å². The van der Waals surface area contributed by atoms with Crippen molar-refractivity contribution in [3.63, 3.8) is 0 Å². The number of hydrogen-bond donors (Lipinski definition) is 1. The monoisotopic (exact) mass is 376 g/mol. The lowest BCUT2D eigenvalue weighted by Crippen LogP contribution is -2.49. The number of piperazine rings is 1. The highest BCUT2D eigenvalue weighted by Crippen LogP contribution is 2.33. The molecule has 7 heteroatoms. The molecule has 27 heavy (non-hydrogen) atoms. The summed E-state index contributed by atoms with van der Waals surface area (Å²) in [5, 5.41) is 3.46. The van der Waals surface area contributed by atoms with E-state index in [0.29, 0.717) is 18.4 Å². The highest BCUT2D eigenvalue weighted by atomic mass is 19.4. The number of rotatable bonds is 2. The molecule has 1 fully saturated rings. The van der Waals surface area contributed by atoms with Crippen LogP contribution in [0.4, 0.5) is 24.7 Å². The van der Waals surface area contributed by atoms with Gasteiger partial charge in [0, 0.05) is 50.6 Å². The van der Waals surface area contributed by atoms with Crippen molar-refractivity contribution in [2.75, 3.05) is 36.0 Å². The van der Waals surface area contributed by atoms with Crippen molar-refractivity contribution >= 4 is 11.5 Å². The fourth-order valence-electron chi connectivity index (χ4n) is 3.95. The Morgan fingerprint density at radius 1 is 1.11 bits per heavy atom. The van der Waals surface area contributed by atoms with Gasteiger partial charge in [-0.2, -0.15) is 13.2 Å². The number of benzene rings is 1. The fourth-order valence-corrected chi connectivity index (χ4v) is 3.95. The lowest BCUT2D eigenvalue weighted by Gasteiger charge is -2.38. The third-order valence-corrected chi connectivity index (χ3v) is 5.36. The summed E-state index contributed by atoms with van der Waals surface area (Å²) < 4.78 is 38.4. The molecule has 0 saturated carbocycles. The number of fused-ring (bicyclic) bond motifs is 1. The van der Waals surface area contributed by atoms with E-state index in [2.05, 4.69) is 45.2 Å². The van der Waals surface area contributed by atoms with Crippen molar-refractivity contribution in [2.24, 2.45) is 0 Å². The number of pyridine rings is 1. The van der Waals surface area contributed by atoms with Gasteiger partial charge in [-0.3, -0.25) is 0 Å². The van der Waals surface area contributed by atoms with Crippen molar-refractivity contribution in [1.29, 1.82) is 0 Å². The molecule has 3 heterocycles. The molecule has 4 nitrogen and oxygen atoms in total. The lowest BCUT2D eigenvalue weighted by atomic mass is 9.96. The Morgan fingerprint density at radius 2 is 1.96 bits per heavy atom. The third kappa shape index (κ3) is 3.74. The maximum absolute atomic E-state index is 12.8. The van der Waals surface area contributed by atoms with Crippen molar-refractivity contribution in [3.05, 3.63) is 53.2 Å². The molecule has 0 radical (unpaired) electrons. The molecule has 0 unspecified atom stereocenters. The first-order valence-electron chi connectivity index (χ1n) is 9.29. The van der Waals surface area contributed by atoms with Gasteiger partial charge in [-0.05, 0) is 42.7 Å². The number of nitrogens with one attached hydrogen (secondary N) is 1. The van der Waals surface area contributed by atoms with Crippen molar-refractivity contribution in [2.45, 2.75) is 32.1 Å². The zero-order valence-electron chi connectivity index (χ0n) is 15.3. The van der Waals surface area contributed by atoms with Crippen LogP contribution in [0.3, 0.4) is 0 Å². The van der Waals surface area contributed by atoms with Crippen LogP contribution in [0.2, 0.25) is 0 Å². The summed E-state index contributed by atoms with van der Waals surface area (Å²) in [6.45, 7) is 6.47. The van der Waals surface area contributed by atoms with E-state index in [9.17, 15) is 13.2 Å². The Morgan fingerprint density at radius 3 is 2.67 bits per heavy atom. The predicted molar refractivity (Wildman–Crippen MR) is 100 cm³/mol. The van der Waals surface area contributed by atoms with E-state index >= 15 is 0 Å². The molecule has 2 aromatic rings. The number of nitrogens with zero attached hydrogens (tertiary/aromatic N) is 3. The second kappa shape index (κ2) is 7.03. The zero-order chi connectivity index (χ0) is 19.0. The summed E-state index contributed by atoms with van der Waals surface area (Å²) in [6.07, 6.45) is -2.56. The SMILES string of the molecule is C[C@@H]1CN(c2cccc3c2CN(c2ccc(C(F)(F)F)cn2)CC3)CCN1. The van der Waals surface area contributed by atoms with Gasteiger partial charge in [0.1, 0.15) is 5.82 Å². The van der Waals surface area contributed by atoms with Gasteiger partial charge in [-0.15, -0.1) is 0 Å². The normalized spacial score (nSPS) is 20.5. The molecule has 4 rings (SSSR count). The van der Waals surface area contributed by atoms with Crippen LogP contribution >= 0.6 is 0 Å². The molecule has 144 valence electrons.